The van der Waals surface area contributed by atoms with E-state index in [4.69, 9.17) is 11.0 Å². The summed E-state index contributed by atoms with van der Waals surface area (Å²) in [7, 11) is 0. The molecule has 19 heavy (non-hydrogen) atoms. The van der Waals surface area contributed by atoms with Crippen molar-refractivity contribution in [1.29, 1.82) is 5.26 Å². The first-order valence-electron chi connectivity index (χ1n) is 5.41. The van der Waals surface area contributed by atoms with E-state index in [-0.39, 0.29) is 17.7 Å². The average molecular weight is 270 g/mol. The van der Waals surface area contributed by atoms with Crippen LogP contribution in [0.2, 0.25) is 0 Å². The van der Waals surface area contributed by atoms with E-state index in [9.17, 15) is 18.7 Å². The smallest absolute Gasteiger partial charge is 0.342 e. The van der Waals surface area contributed by atoms with Crippen molar-refractivity contribution in [1.82, 2.24) is 0 Å². The maximum atomic E-state index is 13.7. The highest BCUT2D eigenvalue weighted by Crippen LogP contribution is 2.30. The van der Waals surface area contributed by atoms with Gasteiger partial charge in [0, 0.05) is 5.56 Å². The summed E-state index contributed by atoms with van der Waals surface area (Å²) in [5.41, 5.74) is 4.95. The van der Waals surface area contributed by atoms with Crippen LogP contribution in [0.3, 0.4) is 0 Å². The number of aromatic hydroxyl groups is 1. The monoisotopic (exact) mass is 270 g/mol. The zero-order valence-electron chi connectivity index (χ0n) is 10.1. The molecule has 5 nitrogen and oxygen atoms in total. The number of nitrogens with two attached hydrogens (primary N) is 1. The molecule has 1 unspecified atom stereocenters. The van der Waals surface area contributed by atoms with Crippen LogP contribution in [0.1, 0.15) is 24.1 Å². The highest BCUT2D eigenvalue weighted by atomic mass is 19.1. The molecule has 102 valence electrons. The molecule has 1 aromatic carbocycles. The first kappa shape index (κ1) is 14.9. The fourth-order valence-electron chi connectivity index (χ4n) is 1.47. The number of ether oxygens (including phenoxy) is 1. The van der Waals surface area contributed by atoms with E-state index in [1.54, 1.807) is 6.07 Å². The molecule has 0 aliphatic rings. The minimum absolute atomic E-state index is 0.0372. The predicted molar refractivity (Wildman–Crippen MR) is 61.2 cm³/mol. The van der Waals surface area contributed by atoms with Crippen LogP contribution in [0.25, 0.3) is 0 Å². The summed E-state index contributed by atoms with van der Waals surface area (Å²) in [6.45, 7) is 1.45. The minimum atomic E-state index is -2.26. The maximum Gasteiger partial charge on any atom is 0.342 e. The van der Waals surface area contributed by atoms with Crippen molar-refractivity contribution in [3.05, 3.63) is 29.1 Å². The Morgan fingerprint density at radius 3 is 2.79 bits per heavy atom. The lowest BCUT2D eigenvalue weighted by molar-refractivity contribution is -0.149. The molecule has 0 saturated carbocycles. The van der Waals surface area contributed by atoms with E-state index in [0.29, 0.717) is 0 Å². The normalized spacial score (nSPS) is 13.4. The molecule has 0 amide bonds. The van der Waals surface area contributed by atoms with E-state index < -0.39 is 29.7 Å². The summed E-state index contributed by atoms with van der Waals surface area (Å²) in [4.78, 5) is 11.2. The fourth-order valence-corrected chi connectivity index (χ4v) is 1.47. The number of nitriles is 1. The third kappa shape index (κ3) is 3.17. The summed E-state index contributed by atoms with van der Waals surface area (Å²) in [5, 5.41) is 18.1. The fraction of sp³-hybridized carbons (Fsp3) is 0.333. The van der Waals surface area contributed by atoms with Crippen molar-refractivity contribution in [2.75, 3.05) is 6.61 Å². The summed E-state index contributed by atoms with van der Waals surface area (Å²) < 4.78 is 31.4. The number of phenols is 1. The zero-order chi connectivity index (χ0) is 14.6. The van der Waals surface area contributed by atoms with Gasteiger partial charge in [0.15, 0.2) is 11.6 Å². The molecule has 2 atom stereocenters. The van der Waals surface area contributed by atoms with Gasteiger partial charge in [-0.3, -0.25) is 0 Å². The zero-order valence-corrected chi connectivity index (χ0v) is 10.1. The lowest BCUT2D eigenvalue weighted by Crippen LogP contribution is -2.31. The Labute approximate surface area is 108 Å². The molecule has 0 radical (unpaired) electrons. The molecule has 0 fully saturated rings. The van der Waals surface area contributed by atoms with Crippen LogP contribution in [0.15, 0.2) is 12.1 Å². The van der Waals surface area contributed by atoms with E-state index in [2.05, 4.69) is 4.74 Å². The van der Waals surface area contributed by atoms with Crippen LogP contribution in [0, 0.1) is 17.1 Å². The van der Waals surface area contributed by atoms with Crippen molar-refractivity contribution < 1.29 is 23.4 Å². The lowest BCUT2D eigenvalue weighted by Gasteiger charge is -2.17. The highest BCUT2D eigenvalue weighted by molar-refractivity contribution is 5.76. The van der Waals surface area contributed by atoms with Crippen LogP contribution in [0.5, 0.6) is 5.75 Å². The van der Waals surface area contributed by atoms with E-state index >= 15 is 0 Å². The van der Waals surface area contributed by atoms with Gasteiger partial charge in [0.2, 0.25) is 6.17 Å². The van der Waals surface area contributed by atoms with Gasteiger partial charge in [0.05, 0.1) is 24.3 Å². The van der Waals surface area contributed by atoms with Gasteiger partial charge in [-0.1, -0.05) is 0 Å². The number of benzene rings is 1. The Hall–Kier alpha value is -2.20. The second kappa shape index (κ2) is 6.11. The number of carbonyl (C=O) groups is 1. The van der Waals surface area contributed by atoms with Gasteiger partial charge in [0.1, 0.15) is 0 Å². The number of rotatable bonds is 4. The summed E-state index contributed by atoms with van der Waals surface area (Å²) in [5.74, 6) is -3.21. The second-order valence-electron chi connectivity index (χ2n) is 3.69. The quantitative estimate of drug-likeness (QED) is 0.804. The summed E-state index contributed by atoms with van der Waals surface area (Å²) in [6, 6.07) is 1.82. The Kier molecular flexibility index (Phi) is 4.78. The second-order valence-corrected chi connectivity index (χ2v) is 3.69. The number of hydrogen-bond donors (Lipinski definition) is 2. The maximum absolute atomic E-state index is 13.7. The largest absolute Gasteiger partial charge is 0.505 e. The van der Waals surface area contributed by atoms with Crippen LogP contribution in [-0.4, -0.2) is 23.9 Å². The number of carbonyl (C=O) groups excluding carboxylic acids is 1. The molecule has 1 rings (SSSR count). The van der Waals surface area contributed by atoms with Crippen LogP contribution in [0.4, 0.5) is 8.78 Å². The molecule has 0 bridgehead atoms. The minimum Gasteiger partial charge on any atom is -0.505 e. The molecule has 3 N–H and O–H groups in total. The van der Waals surface area contributed by atoms with E-state index in [0.717, 1.165) is 12.1 Å². The first-order chi connectivity index (χ1) is 8.92. The van der Waals surface area contributed by atoms with Crippen molar-refractivity contribution in [3.63, 3.8) is 0 Å². The van der Waals surface area contributed by atoms with Gasteiger partial charge >= 0.3 is 5.97 Å². The number of hydrogen-bond acceptors (Lipinski definition) is 5. The molecule has 0 aliphatic heterocycles. The van der Waals surface area contributed by atoms with Crippen LogP contribution >= 0.6 is 0 Å². The van der Waals surface area contributed by atoms with Crippen molar-refractivity contribution >= 4 is 5.97 Å². The average Bonchev–Trinajstić information content (AvgIpc) is 2.40. The predicted octanol–water partition coefficient (Wildman–Crippen LogP) is 1.30. The third-order valence-corrected chi connectivity index (χ3v) is 2.41. The SMILES string of the molecule is CCOC(=O)C(F)[C@@H](N)c1cc(C#N)cc(F)c1O. The van der Waals surface area contributed by atoms with Gasteiger partial charge in [-0.05, 0) is 19.1 Å². The van der Waals surface area contributed by atoms with Gasteiger partial charge in [-0.2, -0.15) is 5.26 Å². The number of phenolic OH excluding ortho intramolecular Hbond substituents is 1. The summed E-state index contributed by atoms with van der Waals surface area (Å²) in [6.07, 6.45) is -2.26. The Bertz CT molecular complexity index is 528. The highest BCUT2D eigenvalue weighted by Gasteiger charge is 2.30. The Balaban J connectivity index is 3.12. The standard InChI is InChI=1S/C12H12F2N2O3/c1-2-19-12(18)9(14)10(16)7-3-6(5-15)4-8(13)11(7)17/h3-4,9-10,17H,2,16H2,1H3/t9?,10-/m0/s1. The van der Waals surface area contributed by atoms with Gasteiger partial charge < -0.3 is 15.6 Å². The van der Waals surface area contributed by atoms with Crippen molar-refractivity contribution in [2.24, 2.45) is 5.73 Å². The molecular weight excluding hydrogens is 258 g/mol. The molecule has 0 aliphatic carbocycles. The Morgan fingerprint density at radius 1 is 1.63 bits per heavy atom. The number of alkyl halides is 1. The molecule has 0 heterocycles. The number of esters is 1. The molecule has 0 aromatic heterocycles. The number of nitrogens with zero attached hydrogens (tertiary/aromatic N) is 1. The van der Waals surface area contributed by atoms with Gasteiger partial charge in [-0.15, -0.1) is 0 Å². The van der Waals surface area contributed by atoms with E-state index in [1.165, 1.54) is 6.92 Å². The van der Waals surface area contributed by atoms with Crippen LogP contribution in [-0.2, 0) is 9.53 Å². The van der Waals surface area contributed by atoms with Crippen LogP contribution < -0.4 is 5.73 Å². The molecule has 1 aromatic rings. The Morgan fingerprint density at radius 2 is 2.26 bits per heavy atom. The first-order valence-corrected chi connectivity index (χ1v) is 5.41. The molecule has 0 spiro atoms. The van der Waals surface area contributed by atoms with Crippen molar-refractivity contribution in [2.45, 2.75) is 19.1 Å². The summed E-state index contributed by atoms with van der Waals surface area (Å²) >= 11 is 0. The van der Waals surface area contributed by atoms with E-state index in [1.807, 2.05) is 0 Å². The molecule has 0 saturated heterocycles. The third-order valence-electron chi connectivity index (χ3n) is 2.41. The lowest BCUT2D eigenvalue weighted by atomic mass is 9.99. The molecule has 7 heteroatoms. The van der Waals surface area contributed by atoms with Crippen molar-refractivity contribution in [3.8, 4) is 11.8 Å². The van der Waals surface area contributed by atoms with Gasteiger partial charge in [0.25, 0.3) is 0 Å². The van der Waals surface area contributed by atoms with Gasteiger partial charge in [-0.25, -0.2) is 13.6 Å². The number of halogens is 2. The molecular formula is C12H12F2N2O3. The topological polar surface area (TPSA) is 96.3 Å².